The Morgan fingerprint density at radius 1 is 0.909 bits per heavy atom. The molecule has 2 rings (SSSR count). The first-order valence-electron chi connectivity index (χ1n) is 6.82. The van der Waals surface area contributed by atoms with Crippen LogP contribution in [0.15, 0.2) is 10.8 Å². The van der Waals surface area contributed by atoms with E-state index in [0.717, 1.165) is 10.0 Å². The van der Waals surface area contributed by atoms with Gasteiger partial charge in [-0.15, -0.1) is 22.7 Å². The van der Waals surface area contributed by atoms with Crippen molar-refractivity contribution in [2.24, 2.45) is 0 Å². The van der Waals surface area contributed by atoms with Gasteiger partial charge in [-0.25, -0.2) is 9.97 Å². The average molecular weight is 340 g/mol. The Hall–Kier alpha value is -1.80. The minimum atomic E-state index is -0.290. The van der Waals surface area contributed by atoms with Crippen LogP contribution in [0.5, 0.6) is 0 Å². The predicted molar refractivity (Wildman–Crippen MR) is 83.9 cm³/mol. The van der Waals surface area contributed by atoms with Crippen LogP contribution in [0.4, 0.5) is 0 Å². The van der Waals surface area contributed by atoms with Crippen molar-refractivity contribution in [2.75, 3.05) is 13.2 Å². The summed E-state index contributed by atoms with van der Waals surface area (Å²) in [6.07, 6.45) is 0.316. The van der Waals surface area contributed by atoms with Gasteiger partial charge in [-0.2, -0.15) is 0 Å². The number of carbonyl (C=O) groups is 2. The number of carbonyl (C=O) groups excluding carboxylic acids is 2. The van der Waals surface area contributed by atoms with Gasteiger partial charge in [0.2, 0.25) is 0 Å². The first kappa shape index (κ1) is 16.6. The van der Waals surface area contributed by atoms with Crippen molar-refractivity contribution < 1.29 is 19.1 Å². The Labute approximate surface area is 136 Å². The number of hydrogen-bond donors (Lipinski definition) is 0. The summed E-state index contributed by atoms with van der Waals surface area (Å²) in [4.78, 5) is 31.6. The van der Waals surface area contributed by atoms with Crippen LogP contribution in [0, 0.1) is 0 Å². The maximum atomic E-state index is 11.4. The number of esters is 2. The molecule has 0 spiro atoms. The van der Waals surface area contributed by atoms with Gasteiger partial charge in [0.25, 0.3) is 0 Å². The van der Waals surface area contributed by atoms with Gasteiger partial charge in [-0.1, -0.05) is 0 Å². The SMILES string of the molecule is CCOC(=O)Cc1csc(-c2nc(CC(=O)OCC)cs2)n1. The van der Waals surface area contributed by atoms with Gasteiger partial charge >= 0.3 is 11.9 Å². The zero-order valence-corrected chi connectivity index (χ0v) is 14.0. The molecule has 0 aliphatic rings. The molecule has 6 nitrogen and oxygen atoms in total. The number of hydrogen-bond acceptors (Lipinski definition) is 8. The third kappa shape index (κ3) is 4.60. The maximum absolute atomic E-state index is 11.4. The molecule has 0 unspecified atom stereocenters. The van der Waals surface area contributed by atoms with E-state index in [-0.39, 0.29) is 24.8 Å². The summed E-state index contributed by atoms with van der Waals surface area (Å²) in [5.74, 6) is -0.581. The summed E-state index contributed by atoms with van der Waals surface area (Å²) in [6.45, 7) is 4.26. The third-order valence-corrected chi connectivity index (χ3v) is 4.47. The molecule has 0 aromatic carbocycles. The number of nitrogens with zero attached hydrogens (tertiary/aromatic N) is 2. The molecular formula is C14H16N2O4S2. The highest BCUT2D eigenvalue weighted by atomic mass is 32.1. The van der Waals surface area contributed by atoms with Crippen molar-refractivity contribution in [3.8, 4) is 10.0 Å². The van der Waals surface area contributed by atoms with E-state index < -0.39 is 0 Å². The second-order valence-corrected chi connectivity index (χ2v) is 5.97. The molecule has 2 heterocycles. The van der Waals surface area contributed by atoms with E-state index in [2.05, 4.69) is 9.97 Å². The minimum absolute atomic E-state index is 0.158. The Bertz CT molecular complexity index is 595. The largest absolute Gasteiger partial charge is 0.466 e. The smallest absolute Gasteiger partial charge is 0.311 e. The zero-order valence-electron chi connectivity index (χ0n) is 12.3. The van der Waals surface area contributed by atoms with Crippen LogP contribution in [-0.2, 0) is 31.9 Å². The van der Waals surface area contributed by atoms with Crippen molar-refractivity contribution in [3.63, 3.8) is 0 Å². The standard InChI is InChI=1S/C14H16N2O4S2/c1-3-19-11(17)5-9-7-21-13(15-9)14-16-10(8-22-14)6-12(18)20-4-2/h7-8H,3-6H2,1-2H3. The molecule has 0 fully saturated rings. The molecule has 0 saturated heterocycles. The van der Waals surface area contributed by atoms with E-state index in [9.17, 15) is 9.59 Å². The summed E-state index contributed by atoms with van der Waals surface area (Å²) in [6, 6.07) is 0. The fourth-order valence-electron chi connectivity index (χ4n) is 1.69. The fraction of sp³-hybridized carbons (Fsp3) is 0.429. The molecule has 0 saturated carbocycles. The predicted octanol–water partition coefficient (Wildman–Crippen LogP) is 2.48. The maximum Gasteiger partial charge on any atom is 0.311 e. The van der Waals surface area contributed by atoms with Crippen molar-refractivity contribution in [1.82, 2.24) is 9.97 Å². The lowest BCUT2D eigenvalue weighted by molar-refractivity contribution is -0.143. The Balaban J connectivity index is 2.00. The Morgan fingerprint density at radius 3 is 1.68 bits per heavy atom. The van der Waals surface area contributed by atoms with Crippen LogP contribution >= 0.6 is 22.7 Å². The molecule has 0 aliphatic carbocycles. The Kier molecular flexibility index (Phi) is 6.02. The highest BCUT2D eigenvalue weighted by Gasteiger charge is 2.14. The van der Waals surface area contributed by atoms with E-state index >= 15 is 0 Å². The van der Waals surface area contributed by atoms with Crippen LogP contribution in [0.2, 0.25) is 0 Å². The van der Waals surface area contributed by atoms with Crippen LogP contribution in [0.1, 0.15) is 25.2 Å². The fourth-order valence-corrected chi connectivity index (χ4v) is 3.38. The van der Waals surface area contributed by atoms with Gasteiger partial charge in [0, 0.05) is 10.8 Å². The summed E-state index contributed by atoms with van der Waals surface area (Å²) in [5, 5.41) is 5.11. The molecule has 0 radical (unpaired) electrons. The number of ether oxygens (including phenoxy) is 2. The van der Waals surface area contributed by atoms with E-state index in [1.54, 1.807) is 13.8 Å². The van der Waals surface area contributed by atoms with Gasteiger partial charge in [0.1, 0.15) is 0 Å². The quantitative estimate of drug-likeness (QED) is 0.721. The second kappa shape index (κ2) is 8.00. The van der Waals surface area contributed by atoms with Crippen LogP contribution < -0.4 is 0 Å². The highest BCUT2D eigenvalue weighted by molar-refractivity contribution is 7.19. The number of rotatable bonds is 7. The molecule has 0 bridgehead atoms. The summed E-state index contributed by atoms with van der Waals surface area (Å²) >= 11 is 2.84. The molecule has 2 aromatic heterocycles. The van der Waals surface area contributed by atoms with Crippen molar-refractivity contribution >= 4 is 34.6 Å². The Morgan fingerprint density at radius 2 is 1.32 bits per heavy atom. The average Bonchev–Trinajstić information content (AvgIpc) is 3.08. The molecule has 0 amide bonds. The number of thiazole rings is 2. The van der Waals surface area contributed by atoms with Crippen LogP contribution in [-0.4, -0.2) is 35.1 Å². The molecule has 2 aromatic rings. The van der Waals surface area contributed by atoms with E-state index in [4.69, 9.17) is 9.47 Å². The topological polar surface area (TPSA) is 78.4 Å². The van der Waals surface area contributed by atoms with Crippen molar-refractivity contribution in [3.05, 3.63) is 22.1 Å². The van der Waals surface area contributed by atoms with Gasteiger partial charge in [0.15, 0.2) is 10.0 Å². The van der Waals surface area contributed by atoms with Crippen LogP contribution in [0.3, 0.4) is 0 Å². The monoisotopic (exact) mass is 340 g/mol. The van der Waals surface area contributed by atoms with Crippen molar-refractivity contribution in [1.29, 1.82) is 0 Å². The van der Waals surface area contributed by atoms with E-state index in [0.29, 0.717) is 24.6 Å². The molecular weight excluding hydrogens is 324 g/mol. The van der Waals surface area contributed by atoms with Gasteiger partial charge in [-0.05, 0) is 13.8 Å². The molecule has 118 valence electrons. The molecule has 8 heteroatoms. The lowest BCUT2D eigenvalue weighted by atomic mass is 10.3. The highest BCUT2D eigenvalue weighted by Crippen LogP contribution is 2.27. The van der Waals surface area contributed by atoms with E-state index in [1.165, 1.54) is 22.7 Å². The molecule has 0 aliphatic heterocycles. The summed E-state index contributed by atoms with van der Waals surface area (Å²) < 4.78 is 9.79. The lowest BCUT2D eigenvalue weighted by Gasteiger charge is -1.98. The summed E-state index contributed by atoms with van der Waals surface area (Å²) in [5.41, 5.74) is 1.33. The first-order valence-corrected chi connectivity index (χ1v) is 8.58. The molecule has 22 heavy (non-hydrogen) atoms. The van der Waals surface area contributed by atoms with Gasteiger partial charge in [0.05, 0.1) is 37.4 Å². The zero-order chi connectivity index (χ0) is 15.9. The molecule has 0 atom stereocenters. The molecule has 0 N–H and O–H groups in total. The van der Waals surface area contributed by atoms with Gasteiger partial charge in [-0.3, -0.25) is 9.59 Å². The second-order valence-electron chi connectivity index (χ2n) is 4.25. The van der Waals surface area contributed by atoms with Crippen molar-refractivity contribution in [2.45, 2.75) is 26.7 Å². The minimum Gasteiger partial charge on any atom is -0.466 e. The third-order valence-electron chi connectivity index (χ3n) is 2.55. The van der Waals surface area contributed by atoms with E-state index in [1.807, 2.05) is 10.8 Å². The van der Waals surface area contributed by atoms with Crippen LogP contribution in [0.25, 0.3) is 10.0 Å². The number of aromatic nitrogens is 2. The lowest BCUT2D eigenvalue weighted by Crippen LogP contribution is -2.07. The first-order chi connectivity index (χ1) is 10.6. The normalized spacial score (nSPS) is 10.5. The van der Waals surface area contributed by atoms with Gasteiger partial charge < -0.3 is 9.47 Å². The summed E-state index contributed by atoms with van der Waals surface area (Å²) in [7, 11) is 0.